The lowest BCUT2D eigenvalue weighted by Gasteiger charge is -2.14. The summed E-state index contributed by atoms with van der Waals surface area (Å²) in [6.07, 6.45) is 1.47. The van der Waals surface area contributed by atoms with Crippen molar-refractivity contribution in [2.24, 2.45) is 0 Å². The minimum Gasteiger partial charge on any atom is -0.491 e. The quantitative estimate of drug-likeness (QED) is 0.355. The molecular weight excluding hydrogens is 344 g/mol. The lowest BCUT2D eigenvalue weighted by Crippen LogP contribution is -2.05. The van der Waals surface area contributed by atoms with Crippen LogP contribution in [0, 0.1) is 0 Å². The van der Waals surface area contributed by atoms with E-state index in [0.717, 1.165) is 16.7 Å². The van der Waals surface area contributed by atoms with Crippen LogP contribution in [0.3, 0.4) is 0 Å². The van der Waals surface area contributed by atoms with Gasteiger partial charge in [-0.15, -0.1) is 0 Å². The predicted molar refractivity (Wildman–Crippen MR) is 105 cm³/mol. The summed E-state index contributed by atoms with van der Waals surface area (Å²) in [6.45, 7) is 5.35. The fourth-order valence-electron chi connectivity index (χ4n) is 2.45. The van der Waals surface area contributed by atoms with E-state index in [4.69, 9.17) is 18.9 Å². The third kappa shape index (κ3) is 6.79. The molecule has 5 heteroatoms. The summed E-state index contributed by atoms with van der Waals surface area (Å²) in [5, 5.41) is 0. The molecule has 0 aliphatic rings. The summed E-state index contributed by atoms with van der Waals surface area (Å²) in [7, 11) is 1.63. The minimum absolute atomic E-state index is 0.340. The predicted octanol–water partition coefficient (Wildman–Crippen LogP) is 4.26. The molecule has 2 rings (SSSR count). The highest BCUT2D eigenvalue weighted by Crippen LogP contribution is 2.31. The zero-order valence-electron chi connectivity index (χ0n) is 16.1. The van der Waals surface area contributed by atoms with Gasteiger partial charge in [0, 0.05) is 24.8 Å². The molecule has 0 saturated heterocycles. The first-order chi connectivity index (χ1) is 13.1. The summed E-state index contributed by atoms with van der Waals surface area (Å²) in [6, 6.07) is 15.5. The summed E-state index contributed by atoms with van der Waals surface area (Å²) in [5.74, 6) is 0.957. The summed E-state index contributed by atoms with van der Waals surface area (Å²) in [4.78, 5) is 11.8. The van der Waals surface area contributed by atoms with Gasteiger partial charge in [-0.2, -0.15) is 0 Å². The minimum atomic E-state index is -0.371. The normalized spacial score (nSPS) is 11.1. The highest BCUT2D eigenvalue weighted by molar-refractivity contribution is 5.91. The van der Waals surface area contributed by atoms with Gasteiger partial charge in [-0.05, 0) is 37.1 Å². The van der Waals surface area contributed by atoms with E-state index >= 15 is 0 Å². The number of allylic oxidation sites excluding steroid dienone is 1. The fraction of sp³-hybridized carbons (Fsp3) is 0.318. The van der Waals surface area contributed by atoms with Crippen LogP contribution in [-0.2, 0) is 20.9 Å². The maximum Gasteiger partial charge on any atom is 0.331 e. The number of carbonyl (C=O) groups excluding carboxylic acids is 1. The van der Waals surface area contributed by atoms with Crippen LogP contribution in [0.1, 0.15) is 25.0 Å². The van der Waals surface area contributed by atoms with E-state index in [1.165, 1.54) is 6.08 Å². The van der Waals surface area contributed by atoms with Crippen LogP contribution < -0.4 is 9.47 Å². The van der Waals surface area contributed by atoms with Crippen LogP contribution in [-0.4, -0.2) is 32.9 Å². The maximum atomic E-state index is 11.8. The smallest absolute Gasteiger partial charge is 0.331 e. The molecule has 0 atom stereocenters. The maximum absolute atomic E-state index is 11.8. The van der Waals surface area contributed by atoms with Crippen LogP contribution in [0.25, 0.3) is 5.57 Å². The van der Waals surface area contributed by atoms with Crippen LogP contribution in [0.15, 0.2) is 54.6 Å². The molecule has 0 N–H and O–H groups in total. The Kier molecular flexibility index (Phi) is 8.39. The van der Waals surface area contributed by atoms with E-state index in [1.807, 2.05) is 55.5 Å². The van der Waals surface area contributed by atoms with E-state index in [0.29, 0.717) is 37.9 Å². The van der Waals surface area contributed by atoms with Gasteiger partial charge in [0.25, 0.3) is 0 Å². The van der Waals surface area contributed by atoms with Crippen LogP contribution in [0.5, 0.6) is 11.5 Å². The van der Waals surface area contributed by atoms with Gasteiger partial charge in [0.2, 0.25) is 0 Å². The third-order valence-electron chi connectivity index (χ3n) is 3.79. The van der Waals surface area contributed by atoms with Crippen molar-refractivity contribution in [1.82, 2.24) is 0 Å². The number of esters is 1. The summed E-state index contributed by atoms with van der Waals surface area (Å²) < 4.78 is 21.7. The first-order valence-electron chi connectivity index (χ1n) is 8.92. The van der Waals surface area contributed by atoms with Gasteiger partial charge in [-0.1, -0.05) is 30.3 Å². The second-order valence-electron chi connectivity index (χ2n) is 5.85. The molecule has 144 valence electrons. The van der Waals surface area contributed by atoms with Crippen molar-refractivity contribution >= 4 is 11.5 Å². The highest BCUT2D eigenvalue weighted by atomic mass is 16.5. The van der Waals surface area contributed by atoms with Crippen molar-refractivity contribution in [1.29, 1.82) is 0 Å². The molecule has 0 saturated carbocycles. The number of hydrogen-bond donors (Lipinski definition) is 0. The Morgan fingerprint density at radius 1 is 1.04 bits per heavy atom. The molecule has 27 heavy (non-hydrogen) atoms. The Morgan fingerprint density at radius 3 is 2.52 bits per heavy atom. The van der Waals surface area contributed by atoms with E-state index in [1.54, 1.807) is 14.0 Å². The van der Waals surface area contributed by atoms with E-state index in [9.17, 15) is 4.79 Å². The second kappa shape index (κ2) is 11.0. The van der Waals surface area contributed by atoms with E-state index in [-0.39, 0.29) is 5.97 Å². The number of benzene rings is 2. The number of carbonyl (C=O) groups is 1. The largest absolute Gasteiger partial charge is 0.491 e. The van der Waals surface area contributed by atoms with Crippen LogP contribution in [0.4, 0.5) is 0 Å². The van der Waals surface area contributed by atoms with Crippen molar-refractivity contribution in [3.8, 4) is 11.5 Å². The summed E-state index contributed by atoms with van der Waals surface area (Å²) >= 11 is 0. The van der Waals surface area contributed by atoms with Crippen molar-refractivity contribution < 1.29 is 23.7 Å². The van der Waals surface area contributed by atoms with Crippen molar-refractivity contribution in [2.75, 3.05) is 26.9 Å². The number of methoxy groups -OCH3 is 1. The molecular formula is C22H26O5. The molecule has 0 aliphatic carbocycles. The Morgan fingerprint density at radius 2 is 1.81 bits per heavy atom. The Balaban J connectivity index is 2.23. The van der Waals surface area contributed by atoms with Crippen molar-refractivity contribution in [2.45, 2.75) is 20.5 Å². The lowest BCUT2D eigenvalue weighted by molar-refractivity contribution is -0.137. The molecule has 0 radical (unpaired) electrons. The van der Waals surface area contributed by atoms with Crippen LogP contribution in [0.2, 0.25) is 0 Å². The Labute approximate surface area is 160 Å². The molecule has 5 nitrogen and oxygen atoms in total. The van der Waals surface area contributed by atoms with Gasteiger partial charge in [0.1, 0.15) is 24.7 Å². The monoisotopic (exact) mass is 370 g/mol. The first-order valence-corrected chi connectivity index (χ1v) is 8.92. The van der Waals surface area contributed by atoms with Gasteiger partial charge in [-0.3, -0.25) is 0 Å². The molecule has 2 aromatic carbocycles. The zero-order valence-corrected chi connectivity index (χ0v) is 16.1. The topological polar surface area (TPSA) is 54.0 Å². The van der Waals surface area contributed by atoms with Gasteiger partial charge in [0.05, 0.1) is 13.2 Å². The van der Waals surface area contributed by atoms with Crippen molar-refractivity contribution in [3.63, 3.8) is 0 Å². The van der Waals surface area contributed by atoms with Gasteiger partial charge in [0.15, 0.2) is 0 Å². The summed E-state index contributed by atoms with van der Waals surface area (Å²) in [5.41, 5.74) is 2.64. The molecule has 0 aliphatic heterocycles. The molecule has 0 aromatic heterocycles. The average molecular weight is 370 g/mol. The molecule has 0 spiro atoms. The SMILES string of the molecule is CCOC(=O)/C=C(/C)c1ccc(OCCOC)cc1OCc1ccccc1. The van der Waals surface area contributed by atoms with Gasteiger partial charge >= 0.3 is 5.97 Å². The zero-order chi connectivity index (χ0) is 19.5. The Hall–Kier alpha value is -2.79. The second-order valence-corrected chi connectivity index (χ2v) is 5.85. The molecule has 0 heterocycles. The van der Waals surface area contributed by atoms with Crippen LogP contribution >= 0.6 is 0 Å². The molecule has 2 aromatic rings. The molecule has 0 unspecified atom stereocenters. The first kappa shape index (κ1) is 20.5. The molecule has 0 amide bonds. The van der Waals surface area contributed by atoms with E-state index < -0.39 is 0 Å². The molecule has 0 fully saturated rings. The number of rotatable bonds is 10. The fourth-order valence-corrected chi connectivity index (χ4v) is 2.45. The van der Waals surface area contributed by atoms with E-state index in [2.05, 4.69) is 0 Å². The van der Waals surface area contributed by atoms with Gasteiger partial charge in [-0.25, -0.2) is 4.79 Å². The standard InChI is InChI=1S/C22H26O5/c1-4-25-22(23)14-17(2)20-11-10-19(26-13-12-24-3)15-21(20)27-16-18-8-6-5-7-9-18/h5-11,14-15H,4,12-13,16H2,1-3H3/b17-14-. The lowest BCUT2D eigenvalue weighted by atomic mass is 10.1. The van der Waals surface area contributed by atoms with Gasteiger partial charge < -0.3 is 18.9 Å². The number of hydrogen-bond acceptors (Lipinski definition) is 5. The molecule has 0 bridgehead atoms. The average Bonchev–Trinajstić information content (AvgIpc) is 2.67. The Bertz CT molecular complexity index is 753. The highest BCUT2D eigenvalue weighted by Gasteiger charge is 2.10. The number of ether oxygens (including phenoxy) is 4. The van der Waals surface area contributed by atoms with Crippen molar-refractivity contribution in [3.05, 3.63) is 65.7 Å². The third-order valence-corrected chi connectivity index (χ3v) is 3.79.